The minimum atomic E-state index is -0.882. The van der Waals surface area contributed by atoms with E-state index in [4.69, 9.17) is 0 Å². The fourth-order valence-electron chi connectivity index (χ4n) is 1.63. The number of carboxylic acids is 1. The predicted molar refractivity (Wildman–Crippen MR) is 42.2 cm³/mol. The summed E-state index contributed by atoms with van der Waals surface area (Å²) in [6.45, 7) is 0. The first kappa shape index (κ1) is 10.4. The van der Waals surface area contributed by atoms with Gasteiger partial charge in [0, 0.05) is 5.97 Å². The monoisotopic (exact) mass is 159 g/mol. The van der Waals surface area contributed by atoms with Crippen molar-refractivity contribution in [3.8, 4) is 0 Å². The molecule has 66 valence electrons. The maximum atomic E-state index is 10.2. The van der Waals surface area contributed by atoms with E-state index in [1.165, 1.54) is 19.3 Å². The minimum Gasteiger partial charge on any atom is -0.550 e. The van der Waals surface area contributed by atoms with Crippen molar-refractivity contribution in [2.75, 3.05) is 0 Å². The van der Waals surface area contributed by atoms with E-state index in [-0.39, 0.29) is 12.6 Å². The van der Waals surface area contributed by atoms with Crippen molar-refractivity contribution in [2.24, 2.45) is 5.92 Å². The van der Waals surface area contributed by atoms with Crippen LogP contribution in [0.25, 0.3) is 0 Å². The van der Waals surface area contributed by atoms with Crippen molar-refractivity contribution >= 4 is 5.97 Å². The van der Waals surface area contributed by atoms with Crippen LogP contribution in [0.1, 0.15) is 38.5 Å². The molecule has 1 rings (SSSR count). The van der Waals surface area contributed by atoms with Gasteiger partial charge in [-0.05, 0) is 12.3 Å². The van der Waals surface area contributed by atoms with E-state index in [9.17, 15) is 9.90 Å². The summed E-state index contributed by atoms with van der Waals surface area (Å²) in [5.74, 6) is -0.467. The summed E-state index contributed by atoms with van der Waals surface area (Å²) in [5, 5.41) is 10.2. The summed E-state index contributed by atoms with van der Waals surface area (Å²) in [5.41, 5.74) is 0. The molecule has 0 bridgehead atoms. The van der Waals surface area contributed by atoms with Gasteiger partial charge in [-0.1, -0.05) is 32.1 Å². The first-order chi connectivity index (χ1) is 4.79. The van der Waals surface area contributed by atoms with Crippen LogP contribution in [-0.2, 0) is 4.79 Å². The summed E-state index contributed by atoms with van der Waals surface area (Å²) < 4.78 is 0. The van der Waals surface area contributed by atoms with Crippen LogP contribution in [0.15, 0.2) is 0 Å². The molecule has 4 N–H and O–H groups in total. The Hall–Kier alpha value is -0.570. The number of rotatable bonds is 2. The molecular weight excluding hydrogens is 142 g/mol. The van der Waals surface area contributed by atoms with E-state index in [1.807, 2.05) is 0 Å². The lowest BCUT2D eigenvalue weighted by atomic mass is 9.87. The highest BCUT2D eigenvalue weighted by atomic mass is 16.4. The quantitative estimate of drug-likeness (QED) is 0.654. The van der Waals surface area contributed by atoms with Crippen LogP contribution in [0, 0.1) is 5.92 Å². The van der Waals surface area contributed by atoms with Crippen molar-refractivity contribution in [1.82, 2.24) is 6.15 Å². The maximum Gasteiger partial charge on any atom is 0.0417 e. The molecular formula is C8H17NO2. The van der Waals surface area contributed by atoms with Gasteiger partial charge in [0.15, 0.2) is 0 Å². The highest BCUT2D eigenvalue weighted by Crippen LogP contribution is 2.25. The lowest BCUT2D eigenvalue weighted by Crippen LogP contribution is -2.25. The highest BCUT2D eigenvalue weighted by Gasteiger charge is 2.12. The minimum absolute atomic E-state index is 0. The van der Waals surface area contributed by atoms with Gasteiger partial charge in [0.1, 0.15) is 0 Å². The molecule has 1 aliphatic carbocycles. The fourth-order valence-corrected chi connectivity index (χ4v) is 1.63. The SMILES string of the molecule is O=C([O-])CC1CCCCC1.[NH4+]. The number of hydrogen-bond acceptors (Lipinski definition) is 2. The summed E-state index contributed by atoms with van der Waals surface area (Å²) in [6.07, 6.45) is 6.15. The maximum absolute atomic E-state index is 10.2. The largest absolute Gasteiger partial charge is 0.550 e. The van der Waals surface area contributed by atoms with Gasteiger partial charge in [0.25, 0.3) is 0 Å². The molecule has 3 heteroatoms. The molecule has 11 heavy (non-hydrogen) atoms. The van der Waals surface area contributed by atoms with Gasteiger partial charge < -0.3 is 16.1 Å². The smallest absolute Gasteiger partial charge is 0.0417 e. The third kappa shape index (κ3) is 3.98. The summed E-state index contributed by atoms with van der Waals surface area (Å²) >= 11 is 0. The van der Waals surface area contributed by atoms with Gasteiger partial charge in [-0.3, -0.25) is 0 Å². The van der Waals surface area contributed by atoms with E-state index < -0.39 is 5.97 Å². The lowest BCUT2D eigenvalue weighted by molar-refractivity contribution is -0.307. The van der Waals surface area contributed by atoms with Crippen LogP contribution in [0.2, 0.25) is 0 Å². The van der Waals surface area contributed by atoms with Crippen LogP contribution in [0.4, 0.5) is 0 Å². The van der Waals surface area contributed by atoms with Gasteiger partial charge in [0.05, 0.1) is 0 Å². The number of carbonyl (C=O) groups excluding carboxylic acids is 1. The van der Waals surface area contributed by atoms with Crippen LogP contribution in [0.5, 0.6) is 0 Å². The molecule has 1 aliphatic rings. The van der Waals surface area contributed by atoms with Crippen LogP contribution >= 0.6 is 0 Å². The van der Waals surface area contributed by atoms with E-state index in [1.54, 1.807) is 0 Å². The van der Waals surface area contributed by atoms with Gasteiger partial charge >= 0.3 is 0 Å². The molecule has 0 amide bonds. The highest BCUT2D eigenvalue weighted by molar-refractivity contribution is 5.64. The van der Waals surface area contributed by atoms with Crippen LogP contribution in [0.3, 0.4) is 0 Å². The Labute approximate surface area is 67.4 Å². The Balaban J connectivity index is 0.000001000. The zero-order chi connectivity index (χ0) is 7.40. The average molecular weight is 159 g/mol. The molecule has 0 radical (unpaired) electrons. The van der Waals surface area contributed by atoms with E-state index >= 15 is 0 Å². The molecule has 0 saturated heterocycles. The summed E-state index contributed by atoms with van der Waals surface area (Å²) in [7, 11) is 0. The van der Waals surface area contributed by atoms with E-state index in [0.717, 1.165) is 12.8 Å². The summed E-state index contributed by atoms with van der Waals surface area (Å²) in [4.78, 5) is 10.2. The third-order valence-electron chi connectivity index (χ3n) is 2.18. The molecule has 1 fully saturated rings. The average Bonchev–Trinajstić information content (AvgIpc) is 1.88. The zero-order valence-electron chi connectivity index (χ0n) is 7.14. The Bertz CT molecular complexity index is 119. The second-order valence-electron chi connectivity index (χ2n) is 3.08. The van der Waals surface area contributed by atoms with Gasteiger partial charge in [-0.2, -0.15) is 0 Å². The summed E-state index contributed by atoms with van der Waals surface area (Å²) in [6, 6.07) is 0. The molecule has 0 atom stereocenters. The molecule has 0 spiro atoms. The van der Waals surface area contributed by atoms with Crippen molar-refractivity contribution in [3.63, 3.8) is 0 Å². The van der Waals surface area contributed by atoms with Crippen LogP contribution in [-0.4, -0.2) is 5.97 Å². The Kier molecular flexibility index (Phi) is 4.86. The zero-order valence-corrected chi connectivity index (χ0v) is 7.14. The molecule has 0 unspecified atom stereocenters. The van der Waals surface area contributed by atoms with Crippen molar-refractivity contribution < 1.29 is 9.90 Å². The van der Waals surface area contributed by atoms with Gasteiger partial charge in [0.2, 0.25) is 0 Å². The molecule has 0 aromatic rings. The van der Waals surface area contributed by atoms with Gasteiger partial charge in [-0.25, -0.2) is 0 Å². The van der Waals surface area contributed by atoms with E-state index in [0.29, 0.717) is 5.92 Å². The standard InChI is InChI=1S/C8H14O2.H3N/c9-8(10)6-7-4-2-1-3-5-7;/h7H,1-6H2,(H,9,10);1H3. The number of carboxylic acid groups (broad SMARTS) is 1. The second-order valence-corrected chi connectivity index (χ2v) is 3.08. The third-order valence-corrected chi connectivity index (χ3v) is 2.18. The van der Waals surface area contributed by atoms with Crippen molar-refractivity contribution in [1.29, 1.82) is 0 Å². The van der Waals surface area contributed by atoms with Gasteiger partial charge in [-0.15, -0.1) is 0 Å². The Morgan fingerprint density at radius 1 is 1.27 bits per heavy atom. The first-order valence-corrected chi connectivity index (χ1v) is 3.99. The number of carbonyl (C=O) groups is 1. The predicted octanol–water partition coefficient (Wildman–Crippen LogP) is 1.08. The molecule has 0 aliphatic heterocycles. The fraction of sp³-hybridized carbons (Fsp3) is 0.875. The molecule has 3 nitrogen and oxygen atoms in total. The lowest BCUT2D eigenvalue weighted by Gasteiger charge is -2.21. The Morgan fingerprint density at radius 2 is 1.82 bits per heavy atom. The number of hydrogen-bond donors (Lipinski definition) is 1. The molecule has 0 aromatic heterocycles. The topological polar surface area (TPSA) is 76.6 Å². The van der Waals surface area contributed by atoms with Crippen molar-refractivity contribution in [2.45, 2.75) is 38.5 Å². The normalized spacial score (nSPS) is 18.9. The van der Waals surface area contributed by atoms with Crippen molar-refractivity contribution in [3.05, 3.63) is 0 Å². The first-order valence-electron chi connectivity index (χ1n) is 3.99. The molecule has 0 heterocycles. The number of quaternary nitrogens is 1. The molecule has 1 saturated carbocycles. The number of aliphatic carboxylic acids is 1. The second kappa shape index (κ2) is 5.13. The van der Waals surface area contributed by atoms with Crippen LogP contribution < -0.4 is 11.3 Å². The Morgan fingerprint density at radius 3 is 2.27 bits per heavy atom. The van der Waals surface area contributed by atoms with E-state index in [2.05, 4.69) is 0 Å². The molecule has 0 aromatic carbocycles.